The second-order valence-electron chi connectivity index (χ2n) is 2.31. The predicted molar refractivity (Wildman–Crippen MR) is 42.5 cm³/mol. The van der Waals surface area contributed by atoms with Crippen LogP contribution in [0.5, 0.6) is 0 Å². The summed E-state index contributed by atoms with van der Waals surface area (Å²) in [4.78, 5) is 1.52. The minimum absolute atomic E-state index is 1.02. The van der Waals surface area contributed by atoms with Gasteiger partial charge >= 0.3 is 0 Å². The maximum atomic E-state index is 10.4. The molecule has 0 aromatic carbocycles. The fraction of sp³-hybridized carbons (Fsp3) is 0.667. The Kier molecular flexibility index (Phi) is 3.36. The van der Waals surface area contributed by atoms with Crippen molar-refractivity contribution in [1.82, 2.24) is 4.90 Å². The van der Waals surface area contributed by atoms with Crippen molar-refractivity contribution < 1.29 is 13.0 Å². The molecule has 1 N–H and O–H groups in total. The van der Waals surface area contributed by atoms with Crippen LogP contribution in [-0.4, -0.2) is 37.2 Å². The highest BCUT2D eigenvalue weighted by molar-refractivity contribution is 7.86. The van der Waals surface area contributed by atoms with Gasteiger partial charge in [-0.1, -0.05) is 5.92 Å². The molecule has 0 aromatic heterocycles. The van der Waals surface area contributed by atoms with Crippen LogP contribution < -0.4 is 0 Å². The largest absolute Gasteiger partial charge is 0.339 e. The molecule has 0 aliphatic carbocycles. The van der Waals surface area contributed by atoms with Gasteiger partial charge in [0.1, 0.15) is 5.25 Å². The summed E-state index contributed by atoms with van der Waals surface area (Å²) >= 11 is 0. The van der Waals surface area contributed by atoms with E-state index in [1.54, 1.807) is 14.1 Å². The average Bonchev–Trinajstić information content (AvgIpc) is 1.80. The molecule has 0 rings (SSSR count). The highest BCUT2D eigenvalue weighted by Gasteiger charge is 2.13. The summed E-state index contributed by atoms with van der Waals surface area (Å²) in [5, 5.41) is -1.02. The zero-order chi connectivity index (χ0) is 9.07. The topological polar surface area (TPSA) is 57.6 Å². The summed E-state index contributed by atoms with van der Waals surface area (Å²) in [5.74, 6) is 2.36. The first-order chi connectivity index (χ1) is 4.84. The van der Waals surface area contributed by atoms with E-state index < -0.39 is 15.4 Å². The van der Waals surface area contributed by atoms with E-state index in [4.69, 9.17) is 4.55 Å². The Labute approximate surface area is 67.0 Å². The maximum Gasteiger partial charge on any atom is 0.278 e. The summed E-state index contributed by atoms with van der Waals surface area (Å²) in [6.45, 7) is 1.33. The second kappa shape index (κ2) is 3.60. The molecule has 0 aliphatic rings. The summed E-state index contributed by atoms with van der Waals surface area (Å²) in [5.41, 5.74) is 0. The highest BCUT2D eigenvalue weighted by atomic mass is 32.2. The van der Waals surface area contributed by atoms with Gasteiger partial charge in [0, 0.05) is 20.1 Å². The van der Waals surface area contributed by atoms with Crippen LogP contribution in [0.3, 0.4) is 0 Å². The molecule has 11 heavy (non-hydrogen) atoms. The number of hydrogen-bond donors (Lipinski definition) is 1. The maximum absolute atomic E-state index is 10.4. The van der Waals surface area contributed by atoms with Crippen LogP contribution in [0.4, 0.5) is 0 Å². The van der Waals surface area contributed by atoms with Crippen molar-refractivity contribution in [3.8, 4) is 12.0 Å². The monoisotopic (exact) mass is 177 g/mol. The van der Waals surface area contributed by atoms with Crippen LogP contribution in [-0.2, 0) is 10.1 Å². The van der Waals surface area contributed by atoms with E-state index in [9.17, 15) is 8.42 Å². The molecule has 0 saturated carbocycles. The zero-order valence-corrected chi connectivity index (χ0v) is 7.51. The Bertz CT molecular complexity index is 270. The Hall–Kier alpha value is -0.730. The third kappa shape index (κ3) is 4.65. The lowest BCUT2D eigenvalue weighted by atomic mass is 10.5. The first-order valence-electron chi connectivity index (χ1n) is 2.99. The van der Waals surface area contributed by atoms with E-state index in [0.29, 0.717) is 0 Å². The lowest BCUT2D eigenvalue weighted by Gasteiger charge is -2.00. The van der Waals surface area contributed by atoms with E-state index in [0.717, 1.165) is 0 Å². The van der Waals surface area contributed by atoms with Crippen molar-refractivity contribution in [3.05, 3.63) is 0 Å². The smallest absolute Gasteiger partial charge is 0.278 e. The molecule has 0 aromatic rings. The van der Waals surface area contributed by atoms with Crippen LogP contribution >= 0.6 is 0 Å². The minimum atomic E-state index is -4.00. The first-order valence-corrected chi connectivity index (χ1v) is 4.49. The Morgan fingerprint density at radius 1 is 1.45 bits per heavy atom. The first kappa shape index (κ1) is 10.3. The molecule has 0 saturated heterocycles. The predicted octanol–water partition coefficient (Wildman–Crippen LogP) is -0.215. The summed E-state index contributed by atoms with van der Waals surface area (Å²) in [6, 6.07) is 2.50. The average molecular weight is 177 g/mol. The molecule has 64 valence electrons. The second-order valence-corrected chi connectivity index (χ2v) is 4.04. The third-order valence-corrected chi connectivity index (χ3v) is 1.95. The molecule has 0 amide bonds. The molecule has 1 unspecified atom stereocenters. The normalized spacial score (nSPS) is 13.1. The van der Waals surface area contributed by atoms with Gasteiger partial charge in [-0.3, -0.25) is 4.55 Å². The molecule has 0 fully saturated rings. The fourth-order valence-corrected chi connectivity index (χ4v) is 0.496. The van der Waals surface area contributed by atoms with Gasteiger partial charge in [0.05, 0.1) is 0 Å². The van der Waals surface area contributed by atoms with Crippen molar-refractivity contribution in [2.24, 2.45) is 0 Å². The molecule has 0 radical (unpaired) electrons. The Morgan fingerprint density at radius 3 is 2.18 bits per heavy atom. The SMILES string of the molecule is CC(C#CN(C)C)S(=O)(=O)O. The highest BCUT2D eigenvalue weighted by Crippen LogP contribution is 1.93. The Morgan fingerprint density at radius 2 is 1.91 bits per heavy atom. The van der Waals surface area contributed by atoms with Crippen LogP contribution in [0.2, 0.25) is 0 Å². The van der Waals surface area contributed by atoms with Gasteiger partial charge in [-0.15, -0.1) is 0 Å². The van der Waals surface area contributed by atoms with Gasteiger partial charge < -0.3 is 4.90 Å². The van der Waals surface area contributed by atoms with E-state index in [2.05, 4.69) is 12.0 Å². The third-order valence-electron chi connectivity index (χ3n) is 0.938. The van der Waals surface area contributed by atoms with Gasteiger partial charge in [-0.2, -0.15) is 8.42 Å². The van der Waals surface area contributed by atoms with Crippen LogP contribution in [0.15, 0.2) is 0 Å². The van der Waals surface area contributed by atoms with Crippen LogP contribution in [0.25, 0.3) is 0 Å². The van der Waals surface area contributed by atoms with E-state index in [-0.39, 0.29) is 0 Å². The Balaban J connectivity index is 4.35. The van der Waals surface area contributed by atoms with Gasteiger partial charge in [-0.05, 0) is 6.92 Å². The molecule has 0 aliphatic heterocycles. The number of nitrogens with zero attached hydrogens (tertiary/aromatic N) is 1. The molecule has 4 nitrogen and oxygen atoms in total. The molecular weight excluding hydrogens is 166 g/mol. The van der Waals surface area contributed by atoms with Crippen molar-refractivity contribution in [1.29, 1.82) is 0 Å². The minimum Gasteiger partial charge on any atom is -0.339 e. The van der Waals surface area contributed by atoms with Crippen LogP contribution in [0, 0.1) is 12.0 Å². The lowest BCUT2D eigenvalue weighted by Crippen LogP contribution is -2.15. The summed E-state index contributed by atoms with van der Waals surface area (Å²) in [6.07, 6.45) is 0. The fourth-order valence-electron chi connectivity index (χ4n) is 0.294. The number of rotatable bonds is 1. The summed E-state index contributed by atoms with van der Waals surface area (Å²) in [7, 11) is -0.630. The molecule has 0 heterocycles. The quantitative estimate of drug-likeness (QED) is 0.342. The molecule has 5 heteroatoms. The van der Waals surface area contributed by atoms with E-state index in [1.165, 1.54) is 11.8 Å². The standard InChI is InChI=1S/C6H11NO3S/c1-6(11(8,9)10)4-5-7(2)3/h6H,1-3H3,(H,8,9,10). The molecule has 1 atom stereocenters. The van der Waals surface area contributed by atoms with Crippen molar-refractivity contribution in [3.63, 3.8) is 0 Å². The molecular formula is C6H11NO3S. The van der Waals surface area contributed by atoms with E-state index >= 15 is 0 Å². The van der Waals surface area contributed by atoms with E-state index in [1.807, 2.05) is 0 Å². The summed E-state index contributed by atoms with van der Waals surface area (Å²) < 4.78 is 29.2. The van der Waals surface area contributed by atoms with Gasteiger partial charge in [0.2, 0.25) is 0 Å². The van der Waals surface area contributed by atoms with Crippen molar-refractivity contribution in [2.45, 2.75) is 12.2 Å². The van der Waals surface area contributed by atoms with Crippen LogP contribution in [0.1, 0.15) is 6.92 Å². The molecule has 0 spiro atoms. The van der Waals surface area contributed by atoms with Gasteiger partial charge in [0.15, 0.2) is 0 Å². The van der Waals surface area contributed by atoms with Gasteiger partial charge in [-0.25, -0.2) is 0 Å². The zero-order valence-electron chi connectivity index (χ0n) is 6.70. The number of hydrogen-bond acceptors (Lipinski definition) is 3. The van der Waals surface area contributed by atoms with Crippen molar-refractivity contribution in [2.75, 3.05) is 14.1 Å². The lowest BCUT2D eigenvalue weighted by molar-refractivity contribution is 0.478. The van der Waals surface area contributed by atoms with Gasteiger partial charge in [0.25, 0.3) is 10.1 Å². The molecule has 0 bridgehead atoms. The van der Waals surface area contributed by atoms with Crippen molar-refractivity contribution >= 4 is 10.1 Å².